The molecule has 0 atom stereocenters. The van der Waals surface area contributed by atoms with Gasteiger partial charge in [-0.3, -0.25) is 4.68 Å². The first-order valence-electron chi connectivity index (χ1n) is 4.29. The van der Waals surface area contributed by atoms with Crippen LogP contribution in [0.3, 0.4) is 0 Å². The smallest absolute Gasteiger partial charge is 0.0522 e. The molecule has 1 aromatic heterocycles. The topological polar surface area (TPSA) is 17.8 Å². The number of rotatable bonds is 4. The molecule has 0 unspecified atom stereocenters. The van der Waals surface area contributed by atoms with E-state index < -0.39 is 0 Å². The van der Waals surface area contributed by atoms with Crippen LogP contribution in [-0.2, 0) is 13.0 Å². The van der Waals surface area contributed by atoms with Gasteiger partial charge in [-0.2, -0.15) is 5.10 Å². The summed E-state index contributed by atoms with van der Waals surface area (Å²) in [5, 5.41) is 5.29. The van der Waals surface area contributed by atoms with Crippen LogP contribution in [0.4, 0.5) is 0 Å². The van der Waals surface area contributed by atoms with Crippen LogP contribution in [-0.4, -0.2) is 15.1 Å². The van der Waals surface area contributed by atoms with Crippen molar-refractivity contribution in [3.8, 4) is 0 Å². The molecule has 0 saturated carbocycles. The Morgan fingerprint density at radius 3 is 2.92 bits per heavy atom. The molecule has 3 heteroatoms. The summed E-state index contributed by atoms with van der Waals surface area (Å²) in [7, 11) is 0. The molecule has 2 nitrogen and oxygen atoms in total. The minimum absolute atomic E-state index is 0.668. The van der Waals surface area contributed by atoms with Gasteiger partial charge in [-0.1, -0.05) is 29.8 Å². The Morgan fingerprint density at radius 1 is 1.58 bits per heavy atom. The fourth-order valence-corrected chi connectivity index (χ4v) is 1.58. The van der Waals surface area contributed by atoms with E-state index in [4.69, 9.17) is 0 Å². The average molecular weight is 231 g/mol. The summed E-state index contributed by atoms with van der Waals surface area (Å²) in [6, 6.07) is 0. The average Bonchev–Trinajstić information content (AvgIpc) is 2.36. The summed E-state index contributed by atoms with van der Waals surface area (Å²) in [6.45, 7) is 5.42. The number of nitrogens with zero attached hydrogens (tertiary/aromatic N) is 2. The Hall–Kier alpha value is -0.310. The van der Waals surface area contributed by atoms with E-state index >= 15 is 0 Å². The predicted octanol–water partition coefficient (Wildman–Crippen LogP) is 2.48. The summed E-state index contributed by atoms with van der Waals surface area (Å²) in [5.41, 5.74) is 1.31. The van der Waals surface area contributed by atoms with Gasteiger partial charge in [-0.25, -0.2) is 0 Å². The molecule has 0 aliphatic carbocycles. The van der Waals surface area contributed by atoms with Gasteiger partial charge in [0.15, 0.2) is 0 Å². The van der Waals surface area contributed by atoms with Gasteiger partial charge in [0.05, 0.1) is 6.20 Å². The Bertz CT molecular complexity index is 230. The molecule has 1 rings (SSSR count). The van der Waals surface area contributed by atoms with E-state index in [0.717, 1.165) is 18.3 Å². The van der Waals surface area contributed by atoms with Crippen molar-refractivity contribution in [1.82, 2.24) is 9.78 Å². The standard InChI is InChI=1S/C9H15BrN2/c1-8(2)6-12-7-9(3-4-10)5-11-12/h5,7-8H,3-4,6H2,1-2H3. The van der Waals surface area contributed by atoms with E-state index in [9.17, 15) is 0 Å². The molecule has 0 radical (unpaired) electrons. The number of alkyl halides is 1. The van der Waals surface area contributed by atoms with E-state index in [1.54, 1.807) is 0 Å². The maximum absolute atomic E-state index is 4.27. The largest absolute Gasteiger partial charge is 0.272 e. The lowest BCUT2D eigenvalue weighted by Gasteiger charge is -2.03. The van der Waals surface area contributed by atoms with Crippen LogP contribution in [0, 0.1) is 5.92 Å². The van der Waals surface area contributed by atoms with Gasteiger partial charge in [0, 0.05) is 18.1 Å². The van der Waals surface area contributed by atoms with Crippen LogP contribution in [0.25, 0.3) is 0 Å². The zero-order chi connectivity index (χ0) is 8.97. The number of hydrogen-bond acceptors (Lipinski definition) is 1. The van der Waals surface area contributed by atoms with E-state index in [2.05, 4.69) is 41.1 Å². The van der Waals surface area contributed by atoms with Crippen molar-refractivity contribution in [3.63, 3.8) is 0 Å². The Balaban J connectivity index is 2.52. The maximum Gasteiger partial charge on any atom is 0.0522 e. The lowest BCUT2D eigenvalue weighted by molar-refractivity contribution is 0.483. The molecule has 0 amide bonds. The summed E-state index contributed by atoms with van der Waals surface area (Å²) in [4.78, 5) is 0. The van der Waals surface area contributed by atoms with Crippen LogP contribution in [0.15, 0.2) is 12.4 Å². The molecule has 68 valence electrons. The fraction of sp³-hybridized carbons (Fsp3) is 0.667. The SMILES string of the molecule is CC(C)Cn1cc(CCBr)cn1. The van der Waals surface area contributed by atoms with Gasteiger partial charge in [0.25, 0.3) is 0 Å². The molecule has 0 aliphatic heterocycles. The van der Waals surface area contributed by atoms with Crippen LogP contribution < -0.4 is 0 Å². The van der Waals surface area contributed by atoms with Crippen molar-refractivity contribution in [2.75, 3.05) is 5.33 Å². The highest BCUT2D eigenvalue weighted by molar-refractivity contribution is 9.09. The van der Waals surface area contributed by atoms with Crippen molar-refractivity contribution in [3.05, 3.63) is 18.0 Å². The summed E-state index contributed by atoms with van der Waals surface area (Å²) < 4.78 is 2.02. The van der Waals surface area contributed by atoms with E-state index in [1.165, 1.54) is 5.56 Å². The highest BCUT2D eigenvalue weighted by atomic mass is 79.9. The normalized spacial score (nSPS) is 11.0. The Kier molecular flexibility index (Phi) is 3.79. The first kappa shape index (κ1) is 9.78. The molecular weight excluding hydrogens is 216 g/mol. The lowest BCUT2D eigenvalue weighted by Crippen LogP contribution is -2.04. The van der Waals surface area contributed by atoms with Gasteiger partial charge in [-0.15, -0.1) is 0 Å². The van der Waals surface area contributed by atoms with E-state index in [1.807, 2.05) is 10.9 Å². The molecule has 0 spiro atoms. The monoisotopic (exact) mass is 230 g/mol. The van der Waals surface area contributed by atoms with Crippen LogP contribution in [0.1, 0.15) is 19.4 Å². The van der Waals surface area contributed by atoms with E-state index in [-0.39, 0.29) is 0 Å². The fourth-order valence-electron chi connectivity index (χ4n) is 1.12. The van der Waals surface area contributed by atoms with Crippen LogP contribution in [0.5, 0.6) is 0 Å². The van der Waals surface area contributed by atoms with Gasteiger partial charge in [0.1, 0.15) is 0 Å². The zero-order valence-electron chi connectivity index (χ0n) is 7.63. The van der Waals surface area contributed by atoms with Crippen molar-refractivity contribution in [2.45, 2.75) is 26.8 Å². The molecule has 0 fully saturated rings. The molecule has 0 bridgehead atoms. The second kappa shape index (κ2) is 4.65. The van der Waals surface area contributed by atoms with Gasteiger partial charge in [-0.05, 0) is 17.9 Å². The maximum atomic E-state index is 4.27. The van der Waals surface area contributed by atoms with Gasteiger partial charge in [0.2, 0.25) is 0 Å². The quantitative estimate of drug-likeness (QED) is 0.728. The van der Waals surface area contributed by atoms with E-state index in [0.29, 0.717) is 5.92 Å². The third kappa shape index (κ3) is 2.97. The highest BCUT2D eigenvalue weighted by Gasteiger charge is 1.99. The molecule has 0 N–H and O–H groups in total. The highest BCUT2D eigenvalue weighted by Crippen LogP contribution is 2.03. The molecule has 0 aliphatic rings. The molecule has 12 heavy (non-hydrogen) atoms. The number of hydrogen-bond donors (Lipinski definition) is 0. The van der Waals surface area contributed by atoms with Crippen molar-refractivity contribution in [2.24, 2.45) is 5.92 Å². The summed E-state index contributed by atoms with van der Waals surface area (Å²) in [5.74, 6) is 0.668. The van der Waals surface area contributed by atoms with Crippen LogP contribution >= 0.6 is 15.9 Å². The summed E-state index contributed by atoms with van der Waals surface area (Å²) in [6.07, 6.45) is 5.14. The number of aryl methyl sites for hydroxylation is 1. The molecule has 0 aromatic carbocycles. The second-order valence-electron chi connectivity index (χ2n) is 3.40. The minimum Gasteiger partial charge on any atom is -0.272 e. The first-order chi connectivity index (χ1) is 5.72. The predicted molar refractivity (Wildman–Crippen MR) is 54.6 cm³/mol. The van der Waals surface area contributed by atoms with Crippen molar-refractivity contribution < 1.29 is 0 Å². The van der Waals surface area contributed by atoms with Crippen LogP contribution in [0.2, 0.25) is 0 Å². The van der Waals surface area contributed by atoms with Crippen molar-refractivity contribution >= 4 is 15.9 Å². The molecule has 0 saturated heterocycles. The third-order valence-corrected chi connectivity index (χ3v) is 2.02. The number of halogens is 1. The third-order valence-electron chi connectivity index (χ3n) is 1.62. The number of aromatic nitrogens is 2. The van der Waals surface area contributed by atoms with Gasteiger partial charge >= 0.3 is 0 Å². The molecule has 1 heterocycles. The Labute approximate surface area is 82.1 Å². The molecule has 1 aromatic rings. The zero-order valence-corrected chi connectivity index (χ0v) is 9.21. The van der Waals surface area contributed by atoms with Crippen molar-refractivity contribution in [1.29, 1.82) is 0 Å². The Morgan fingerprint density at radius 2 is 2.33 bits per heavy atom. The van der Waals surface area contributed by atoms with Gasteiger partial charge < -0.3 is 0 Å². The molecular formula is C9H15BrN2. The lowest BCUT2D eigenvalue weighted by atomic mass is 10.2. The first-order valence-corrected chi connectivity index (χ1v) is 5.42. The summed E-state index contributed by atoms with van der Waals surface area (Å²) >= 11 is 3.41. The second-order valence-corrected chi connectivity index (χ2v) is 4.20. The minimum atomic E-state index is 0.668.